The van der Waals surface area contributed by atoms with Crippen molar-refractivity contribution in [2.45, 2.75) is 25.3 Å². The van der Waals surface area contributed by atoms with Crippen LogP contribution in [0.25, 0.3) is 11.1 Å². The lowest BCUT2D eigenvalue weighted by molar-refractivity contribution is -0.152. The molecule has 2 aromatic carbocycles. The number of hydrogen-bond donors (Lipinski definition) is 3. The molecule has 0 radical (unpaired) electrons. The van der Waals surface area contributed by atoms with Crippen LogP contribution < -0.4 is 5.73 Å². The molecule has 1 unspecified atom stereocenters. The van der Waals surface area contributed by atoms with Gasteiger partial charge in [0.2, 0.25) is 0 Å². The number of carboxylic acid groups (broad SMARTS) is 1. The summed E-state index contributed by atoms with van der Waals surface area (Å²) >= 11 is 5.93. The van der Waals surface area contributed by atoms with Crippen molar-refractivity contribution in [2.75, 3.05) is 6.61 Å². The van der Waals surface area contributed by atoms with Gasteiger partial charge in [-0.1, -0.05) is 41.9 Å². The van der Waals surface area contributed by atoms with Crippen molar-refractivity contribution in [3.8, 4) is 11.1 Å². The Morgan fingerprint density at radius 3 is 2.52 bits per heavy atom. The van der Waals surface area contributed by atoms with Crippen LogP contribution >= 0.6 is 11.6 Å². The summed E-state index contributed by atoms with van der Waals surface area (Å²) in [6.45, 7) is 3.06. The number of aliphatic hydroxyl groups excluding tert-OH is 1. The van der Waals surface area contributed by atoms with Gasteiger partial charge < -0.3 is 15.9 Å². The maximum atomic E-state index is 14.0. The van der Waals surface area contributed by atoms with Gasteiger partial charge in [0, 0.05) is 16.6 Å². The molecule has 27 heavy (non-hydrogen) atoms. The van der Waals surface area contributed by atoms with Gasteiger partial charge in [0.25, 0.3) is 0 Å². The highest BCUT2D eigenvalue weighted by atomic mass is 35.5. The molecule has 0 saturated carbocycles. The first-order chi connectivity index (χ1) is 12.8. The van der Waals surface area contributed by atoms with Crippen LogP contribution in [-0.4, -0.2) is 28.8 Å². The third kappa shape index (κ3) is 5.16. The zero-order valence-corrected chi connectivity index (χ0v) is 15.6. The highest BCUT2D eigenvalue weighted by molar-refractivity contribution is 6.30. The molecule has 4 nitrogen and oxygen atoms in total. The van der Waals surface area contributed by atoms with E-state index < -0.39 is 24.0 Å². The highest BCUT2D eigenvalue weighted by Gasteiger charge is 2.38. The lowest BCUT2D eigenvalue weighted by atomic mass is 9.78. The highest BCUT2D eigenvalue weighted by Crippen LogP contribution is 2.30. The molecule has 0 spiro atoms. The first-order valence-electron chi connectivity index (χ1n) is 8.56. The van der Waals surface area contributed by atoms with Crippen LogP contribution in [0.1, 0.15) is 18.4 Å². The van der Waals surface area contributed by atoms with Crippen LogP contribution in [0.15, 0.2) is 55.1 Å². The lowest BCUT2D eigenvalue weighted by Crippen LogP contribution is -2.41. The Labute approximate surface area is 163 Å². The molecule has 0 fully saturated rings. The molecule has 144 valence electrons. The third-order valence-electron chi connectivity index (χ3n) is 4.64. The number of hydrogen-bond acceptors (Lipinski definition) is 3. The Morgan fingerprint density at radius 1 is 1.30 bits per heavy atom. The van der Waals surface area contributed by atoms with Gasteiger partial charge in [-0.2, -0.15) is 0 Å². The van der Waals surface area contributed by atoms with E-state index in [1.807, 2.05) is 12.1 Å². The van der Waals surface area contributed by atoms with E-state index in [0.717, 1.165) is 5.56 Å². The molecular weight excluding hydrogens is 369 g/mol. The summed E-state index contributed by atoms with van der Waals surface area (Å²) < 4.78 is 14.0. The fourth-order valence-electron chi connectivity index (χ4n) is 3.15. The average molecular weight is 392 g/mol. The van der Waals surface area contributed by atoms with Gasteiger partial charge in [-0.25, -0.2) is 4.39 Å². The van der Waals surface area contributed by atoms with Crippen molar-refractivity contribution in [2.24, 2.45) is 11.1 Å². The molecule has 0 aromatic heterocycles. The Hall–Kier alpha value is -2.21. The van der Waals surface area contributed by atoms with Crippen LogP contribution in [0.2, 0.25) is 5.02 Å². The van der Waals surface area contributed by atoms with Gasteiger partial charge >= 0.3 is 5.97 Å². The zero-order valence-electron chi connectivity index (χ0n) is 14.9. The minimum absolute atomic E-state index is 0.121. The predicted octanol–water partition coefficient (Wildman–Crippen LogP) is 4.05. The minimum Gasteiger partial charge on any atom is -0.481 e. The molecule has 0 bridgehead atoms. The van der Waals surface area contributed by atoms with Gasteiger partial charge in [0.1, 0.15) is 5.82 Å². The van der Waals surface area contributed by atoms with Gasteiger partial charge in [0.15, 0.2) is 0 Å². The van der Waals surface area contributed by atoms with Crippen molar-refractivity contribution < 1.29 is 19.4 Å². The van der Waals surface area contributed by atoms with E-state index in [2.05, 4.69) is 6.58 Å². The van der Waals surface area contributed by atoms with E-state index in [9.17, 15) is 19.4 Å². The quantitative estimate of drug-likeness (QED) is 0.563. The zero-order chi connectivity index (χ0) is 20.0. The predicted molar refractivity (Wildman–Crippen MR) is 105 cm³/mol. The van der Waals surface area contributed by atoms with E-state index >= 15 is 0 Å². The Morgan fingerprint density at radius 2 is 1.96 bits per heavy atom. The smallest absolute Gasteiger partial charge is 0.312 e. The number of aliphatic carboxylic acids is 1. The number of carbonyl (C=O) groups is 1. The number of aliphatic hydroxyl groups is 1. The number of allylic oxidation sites excluding steroid dienone is 1. The van der Waals surface area contributed by atoms with E-state index in [-0.39, 0.29) is 18.7 Å². The third-order valence-corrected chi connectivity index (χ3v) is 4.87. The van der Waals surface area contributed by atoms with Gasteiger partial charge in [-0.3, -0.25) is 4.79 Å². The summed E-state index contributed by atoms with van der Waals surface area (Å²) in [5.74, 6) is -1.45. The maximum absolute atomic E-state index is 14.0. The van der Waals surface area contributed by atoms with Crippen molar-refractivity contribution in [1.82, 2.24) is 0 Å². The number of rotatable bonds is 9. The van der Waals surface area contributed by atoms with Crippen molar-refractivity contribution in [3.63, 3.8) is 0 Å². The number of benzene rings is 2. The Balaban J connectivity index is 2.12. The van der Waals surface area contributed by atoms with Gasteiger partial charge in [0.05, 0.1) is 12.0 Å². The molecule has 0 saturated heterocycles. The summed E-state index contributed by atoms with van der Waals surface area (Å²) in [5, 5.41) is 19.5. The van der Waals surface area contributed by atoms with Crippen LogP contribution in [0.4, 0.5) is 4.39 Å². The first kappa shape index (κ1) is 21.1. The minimum atomic E-state index is -1.33. The standard InChI is InChI=1S/C21H23ClFNO3/c1-2-9-21(13-25,20(26)27)12-17(24)10-14-3-5-15(6-4-14)18-11-16(22)7-8-19(18)23/h2-8,11,17,25H,1,9-10,12-13,24H2,(H,26,27)/t17-,21?/m0/s1. The fraction of sp³-hybridized carbons (Fsp3) is 0.286. The van der Waals surface area contributed by atoms with Crippen LogP contribution in [0.5, 0.6) is 0 Å². The fourth-order valence-corrected chi connectivity index (χ4v) is 3.32. The molecule has 0 aliphatic carbocycles. The summed E-state index contributed by atoms with van der Waals surface area (Å²) in [4.78, 5) is 11.6. The van der Waals surface area contributed by atoms with Gasteiger partial charge in [-0.15, -0.1) is 6.58 Å². The van der Waals surface area contributed by atoms with Crippen LogP contribution in [0, 0.1) is 11.2 Å². The first-order valence-corrected chi connectivity index (χ1v) is 8.94. The molecule has 0 aliphatic rings. The summed E-state index contributed by atoms with van der Waals surface area (Å²) in [5.41, 5.74) is 6.81. The van der Waals surface area contributed by atoms with Gasteiger partial charge in [-0.05, 0) is 48.6 Å². The largest absolute Gasteiger partial charge is 0.481 e. The topological polar surface area (TPSA) is 83.5 Å². The van der Waals surface area contributed by atoms with E-state index in [1.165, 1.54) is 18.2 Å². The van der Waals surface area contributed by atoms with E-state index in [1.54, 1.807) is 18.2 Å². The van der Waals surface area contributed by atoms with E-state index in [4.69, 9.17) is 17.3 Å². The number of carboxylic acids is 1. The molecule has 0 heterocycles. The Bertz CT molecular complexity index is 810. The summed E-state index contributed by atoms with van der Waals surface area (Å²) in [6, 6.07) is 11.1. The summed E-state index contributed by atoms with van der Waals surface area (Å²) in [6.07, 6.45) is 2.17. The second kappa shape index (κ2) is 9.13. The molecule has 2 aromatic rings. The molecule has 6 heteroatoms. The molecule has 4 N–H and O–H groups in total. The van der Waals surface area contributed by atoms with Crippen molar-refractivity contribution in [1.29, 1.82) is 0 Å². The molecule has 2 atom stereocenters. The lowest BCUT2D eigenvalue weighted by Gasteiger charge is -2.29. The normalized spacial score (nSPS) is 14.4. The second-order valence-corrected chi connectivity index (χ2v) is 7.16. The number of halogens is 2. The molecule has 2 rings (SSSR count). The average Bonchev–Trinajstić information content (AvgIpc) is 2.63. The van der Waals surface area contributed by atoms with Crippen LogP contribution in [0.3, 0.4) is 0 Å². The molecule has 0 amide bonds. The second-order valence-electron chi connectivity index (χ2n) is 6.73. The van der Waals surface area contributed by atoms with Crippen molar-refractivity contribution in [3.05, 3.63) is 71.5 Å². The maximum Gasteiger partial charge on any atom is 0.312 e. The van der Waals surface area contributed by atoms with Crippen LogP contribution in [-0.2, 0) is 11.2 Å². The SMILES string of the molecule is C=CCC(CO)(C[C@@H](N)Cc1ccc(-c2cc(Cl)ccc2F)cc1)C(=O)O. The van der Waals surface area contributed by atoms with E-state index in [0.29, 0.717) is 22.6 Å². The van der Waals surface area contributed by atoms with Crippen molar-refractivity contribution >= 4 is 17.6 Å². The molecule has 0 aliphatic heterocycles. The Kier molecular flexibility index (Phi) is 7.13. The summed E-state index contributed by atoms with van der Waals surface area (Å²) in [7, 11) is 0. The monoisotopic (exact) mass is 391 g/mol. The number of nitrogens with two attached hydrogens (primary N) is 1. The molecular formula is C21H23ClFNO3.